The maximum Gasteiger partial charge on any atom is 0.307 e. The standard InChI is InChI=1S/C15H13FN2O5/c16-10-4-8-6-18(11-1-2-12(19)17-14(11)22)15(23)9(8)3-7(10)5-13(20)21/h3-4,11H,1-2,5-6H2,(H,20,21)(H,17,19,22). The number of nitrogens with zero attached hydrogens (tertiary/aromatic N) is 1. The smallest absolute Gasteiger partial charge is 0.307 e. The first kappa shape index (κ1) is 15.1. The van der Waals surface area contributed by atoms with E-state index in [1.54, 1.807) is 0 Å². The minimum absolute atomic E-state index is 0.0602. The Labute approximate surface area is 130 Å². The number of carboxylic acids is 1. The van der Waals surface area contributed by atoms with Gasteiger partial charge in [0.05, 0.1) is 6.42 Å². The number of benzene rings is 1. The van der Waals surface area contributed by atoms with Crippen molar-refractivity contribution in [2.24, 2.45) is 0 Å². The quantitative estimate of drug-likeness (QED) is 0.775. The highest BCUT2D eigenvalue weighted by Crippen LogP contribution is 2.29. The predicted octanol–water partition coefficient (Wildman–Crippen LogP) is 0.214. The first-order chi connectivity index (χ1) is 10.9. The van der Waals surface area contributed by atoms with Crippen molar-refractivity contribution in [2.45, 2.75) is 31.8 Å². The molecular formula is C15H13FN2O5. The Morgan fingerprint density at radius 2 is 2.09 bits per heavy atom. The molecule has 2 N–H and O–H groups in total. The van der Waals surface area contributed by atoms with Gasteiger partial charge in [-0.25, -0.2) is 4.39 Å². The van der Waals surface area contributed by atoms with Crippen molar-refractivity contribution in [3.63, 3.8) is 0 Å². The Balaban J connectivity index is 1.88. The number of rotatable bonds is 3. The van der Waals surface area contributed by atoms with Crippen LogP contribution in [0.4, 0.5) is 4.39 Å². The lowest BCUT2D eigenvalue weighted by Crippen LogP contribution is -2.52. The maximum atomic E-state index is 13.9. The number of hydrogen-bond donors (Lipinski definition) is 2. The summed E-state index contributed by atoms with van der Waals surface area (Å²) in [5.74, 6) is -3.28. The molecule has 1 atom stereocenters. The van der Waals surface area contributed by atoms with Crippen LogP contribution in [0.2, 0.25) is 0 Å². The van der Waals surface area contributed by atoms with Crippen LogP contribution in [0.3, 0.4) is 0 Å². The third-order valence-electron chi connectivity index (χ3n) is 4.03. The summed E-state index contributed by atoms with van der Waals surface area (Å²) in [6, 6.07) is 1.59. The Morgan fingerprint density at radius 1 is 1.35 bits per heavy atom. The monoisotopic (exact) mass is 320 g/mol. The molecule has 23 heavy (non-hydrogen) atoms. The van der Waals surface area contributed by atoms with Gasteiger partial charge in [-0.15, -0.1) is 0 Å². The highest BCUT2D eigenvalue weighted by atomic mass is 19.1. The molecule has 8 heteroatoms. The van der Waals surface area contributed by atoms with E-state index in [2.05, 4.69) is 5.32 Å². The fraction of sp³-hybridized carbons (Fsp3) is 0.333. The molecule has 0 saturated carbocycles. The highest BCUT2D eigenvalue weighted by molar-refractivity contribution is 6.05. The van der Waals surface area contributed by atoms with E-state index in [1.165, 1.54) is 11.0 Å². The second-order valence-electron chi connectivity index (χ2n) is 5.57. The molecule has 1 aromatic carbocycles. The van der Waals surface area contributed by atoms with Crippen molar-refractivity contribution >= 4 is 23.7 Å². The number of fused-ring (bicyclic) bond motifs is 1. The largest absolute Gasteiger partial charge is 0.481 e. The van der Waals surface area contributed by atoms with Crippen molar-refractivity contribution < 1.29 is 28.7 Å². The van der Waals surface area contributed by atoms with Crippen LogP contribution in [0.1, 0.15) is 34.3 Å². The zero-order valence-corrected chi connectivity index (χ0v) is 12.0. The number of nitrogens with one attached hydrogen (secondary N) is 1. The average Bonchev–Trinajstić information content (AvgIpc) is 2.76. The highest BCUT2D eigenvalue weighted by Gasteiger charge is 2.39. The van der Waals surface area contributed by atoms with E-state index in [9.17, 15) is 23.6 Å². The first-order valence-electron chi connectivity index (χ1n) is 7.04. The van der Waals surface area contributed by atoms with Crippen molar-refractivity contribution in [1.29, 1.82) is 0 Å². The molecule has 0 radical (unpaired) electrons. The molecule has 0 aromatic heterocycles. The number of carbonyl (C=O) groups excluding carboxylic acids is 3. The summed E-state index contributed by atoms with van der Waals surface area (Å²) in [4.78, 5) is 47.6. The third-order valence-corrected chi connectivity index (χ3v) is 4.03. The second-order valence-corrected chi connectivity index (χ2v) is 5.57. The summed E-state index contributed by atoms with van der Waals surface area (Å²) in [6.45, 7) is 0.0602. The van der Waals surface area contributed by atoms with Crippen molar-refractivity contribution in [1.82, 2.24) is 10.2 Å². The second kappa shape index (κ2) is 5.45. The molecular weight excluding hydrogens is 307 g/mol. The zero-order chi connectivity index (χ0) is 16.7. The van der Waals surface area contributed by atoms with Gasteiger partial charge in [-0.2, -0.15) is 0 Å². The molecule has 1 fully saturated rings. The number of halogens is 1. The van der Waals surface area contributed by atoms with Gasteiger partial charge in [0.25, 0.3) is 5.91 Å². The van der Waals surface area contributed by atoms with E-state index >= 15 is 0 Å². The average molecular weight is 320 g/mol. The molecule has 0 bridgehead atoms. The molecule has 2 aliphatic rings. The predicted molar refractivity (Wildman–Crippen MR) is 73.8 cm³/mol. The Bertz CT molecular complexity index is 746. The van der Waals surface area contributed by atoms with Gasteiger partial charge in [0, 0.05) is 18.5 Å². The van der Waals surface area contributed by atoms with E-state index in [-0.39, 0.29) is 36.4 Å². The molecule has 1 aromatic rings. The summed E-state index contributed by atoms with van der Waals surface area (Å²) in [5.41, 5.74) is 0.536. The van der Waals surface area contributed by atoms with Crippen LogP contribution in [0, 0.1) is 5.82 Å². The summed E-state index contributed by atoms with van der Waals surface area (Å²) in [6.07, 6.45) is -0.172. The molecule has 0 spiro atoms. The minimum atomic E-state index is -1.20. The van der Waals surface area contributed by atoms with E-state index in [0.29, 0.717) is 5.56 Å². The van der Waals surface area contributed by atoms with Gasteiger partial charge in [0.2, 0.25) is 11.8 Å². The van der Waals surface area contributed by atoms with Crippen LogP contribution in [0.25, 0.3) is 0 Å². The van der Waals surface area contributed by atoms with Crippen molar-refractivity contribution in [3.05, 3.63) is 34.6 Å². The molecule has 0 aliphatic carbocycles. The lowest BCUT2D eigenvalue weighted by molar-refractivity contribution is -0.137. The molecule has 3 amide bonds. The topological polar surface area (TPSA) is 104 Å². The molecule has 120 valence electrons. The maximum absolute atomic E-state index is 13.9. The zero-order valence-electron chi connectivity index (χ0n) is 12.0. The number of amides is 3. The number of aliphatic carboxylic acids is 1. The van der Waals surface area contributed by atoms with E-state index in [0.717, 1.165) is 6.07 Å². The lowest BCUT2D eigenvalue weighted by Gasteiger charge is -2.29. The molecule has 1 unspecified atom stereocenters. The fourth-order valence-corrected chi connectivity index (χ4v) is 2.93. The number of carboxylic acid groups (broad SMARTS) is 1. The minimum Gasteiger partial charge on any atom is -0.481 e. The summed E-state index contributed by atoms with van der Waals surface area (Å²) < 4.78 is 13.9. The van der Waals surface area contributed by atoms with E-state index in [4.69, 9.17) is 5.11 Å². The van der Waals surface area contributed by atoms with Gasteiger partial charge in [-0.05, 0) is 29.7 Å². The SMILES string of the molecule is O=C(O)Cc1cc2c(cc1F)CN(C1CCC(=O)NC1=O)C2=O. The number of imide groups is 1. The fourth-order valence-electron chi connectivity index (χ4n) is 2.93. The molecule has 2 aliphatic heterocycles. The van der Waals surface area contributed by atoms with Crippen LogP contribution >= 0.6 is 0 Å². The van der Waals surface area contributed by atoms with Gasteiger partial charge in [0.15, 0.2) is 0 Å². The molecule has 7 nitrogen and oxygen atoms in total. The summed E-state index contributed by atoms with van der Waals surface area (Å²) >= 11 is 0. The molecule has 2 heterocycles. The van der Waals surface area contributed by atoms with E-state index < -0.39 is 36.1 Å². The van der Waals surface area contributed by atoms with Crippen molar-refractivity contribution in [3.8, 4) is 0 Å². The van der Waals surface area contributed by atoms with Crippen LogP contribution < -0.4 is 5.32 Å². The van der Waals surface area contributed by atoms with Gasteiger partial charge < -0.3 is 10.0 Å². The first-order valence-corrected chi connectivity index (χ1v) is 7.04. The van der Waals surface area contributed by atoms with Crippen LogP contribution in [0.5, 0.6) is 0 Å². The van der Waals surface area contributed by atoms with Gasteiger partial charge in [-0.1, -0.05) is 0 Å². The Kier molecular flexibility index (Phi) is 3.59. The number of piperidine rings is 1. The normalized spacial score (nSPS) is 20.5. The Hall–Kier alpha value is -2.77. The third kappa shape index (κ3) is 2.67. The van der Waals surface area contributed by atoms with Crippen LogP contribution in [0.15, 0.2) is 12.1 Å². The number of carbonyl (C=O) groups is 4. The van der Waals surface area contributed by atoms with Gasteiger partial charge in [0.1, 0.15) is 11.9 Å². The van der Waals surface area contributed by atoms with Gasteiger partial charge >= 0.3 is 5.97 Å². The van der Waals surface area contributed by atoms with Gasteiger partial charge in [-0.3, -0.25) is 24.5 Å². The molecule has 3 rings (SSSR count). The Morgan fingerprint density at radius 3 is 2.74 bits per heavy atom. The van der Waals surface area contributed by atoms with Crippen LogP contribution in [-0.4, -0.2) is 39.7 Å². The summed E-state index contributed by atoms with van der Waals surface area (Å²) in [5, 5.41) is 11.0. The number of hydrogen-bond acceptors (Lipinski definition) is 4. The molecule has 1 saturated heterocycles. The van der Waals surface area contributed by atoms with E-state index in [1.807, 2.05) is 0 Å². The lowest BCUT2D eigenvalue weighted by atomic mass is 10.0. The van der Waals surface area contributed by atoms with Crippen LogP contribution in [-0.2, 0) is 27.3 Å². The summed E-state index contributed by atoms with van der Waals surface area (Å²) in [7, 11) is 0. The van der Waals surface area contributed by atoms with Crippen molar-refractivity contribution in [2.75, 3.05) is 0 Å².